The zero-order valence-electron chi connectivity index (χ0n) is 14.4. The summed E-state index contributed by atoms with van der Waals surface area (Å²) in [7, 11) is -3.44. The van der Waals surface area contributed by atoms with E-state index in [9.17, 15) is 8.42 Å². The molecule has 3 rings (SSSR count). The molecule has 0 atom stereocenters. The molecule has 0 heterocycles. The molecule has 3 aromatic carbocycles. The van der Waals surface area contributed by atoms with Crippen molar-refractivity contribution in [1.29, 1.82) is 0 Å². The van der Waals surface area contributed by atoms with Crippen molar-refractivity contribution in [2.24, 2.45) is 0 Å². The van der Waals surface area contributed by atoms with Gasteiger partial charge in [0.1, 0.15) is 0 Å². The van der Waals surface area contributed by atoms with Crippen LogP contribution in [0.15, 0.2) is 117 Å². The molecular weight excluding hydrogens is 486 g/mol. The second-order valence-corrected chi connectivity index (χ2v) is 11.7. The van der Waals surface area contributed by atoms with Gasteiger partial charge in [-0.05, 0) is 0 Å². The van der Waals surface area contributed by atoms with Crippen LogP contribution in [0.4, 0.5) is 0 Å². The topological polar surface area (TPSA) is 34.1 Å². The minimum absolute atomic E-state index is 0.0560. The summed E-state index contributed by atoms with van der Waals surface area (Å²) in [5.41, 5.74) is 0. The van der Waals surface area contributed by atoms with Gasteiger partial charge in [-0.25, -0.2) is 0 Å². The van der Waals surface area contributed by atoms with E-state index in [1.54, 1.807) is 30.3 Å². The van der Waals surface area contributed by atoms with Crippen LogP contribution in [0.2, 0.25) is 0 Å². The first-order valence-electron chi connectivity index (χ1n) is 8.26. The Morgan fingerprint density at radius 3 is 1.81 bits per heavy atom. The summed E-state index contributed by atoms with van der Waals surface area (Å²) < 4.78 is 28.7. The van der Waals surface area contributed by atoms with Gasteiger partial charge in [0, 0.05) is 0 Å². The molecule has 0 radical (unpaired) electrons. The van der Waals surface area contributed by atoms with Gasteiger partial charge in [0.25, 0.3) is 0 Å². The van der Waals surface area contributed by atoms with Crippen molar-refractivity contribution < 1.29 is 8.42 Å². The Bertz CT molecular complexity index is 1010. The second kappa shape index (κ2) is 9.89. The minimum atomic E-state index is -3.44. The maximum atomic E-state index is 12.6. The zero-order valence-corrected chi connectivity index (χ0v) is 18.7. The van der Waals surface area contributed by atoms with Crippen LogP contribution >= 0.6 is 0 Å². The third-order valence-electron chi connectivity index (χ3n) is 3.52. The van der Waals surface area contributed by atoms with Gasteiger partial charge in [0.15, 0.2) is 0 Å². The molecule has 0 fully saturated rings. The van der Waals surface area contributed by atoms with E-state index < -0.39 is 9.84 Å². The Hall–Kier alpha value is -1.87. The molecule has 0 aliphatic carbocycles. The molecule has 0 aliphatic heterocycles. The monoisotopic (exact) mass is 506 g/mol. The Kier molecular flexibility index (Phi) is 7.28. The quantitative estimate of drug-likeness (QED) is 0.367. The molecule has 2 nitrogen and oxygen atoms in total. The van der Waals surface area contributed by atoms with Crippen LogP contribution in [-0.4, -0.2) is 38.3 Å². The van der Waals surface area contributed by atoms with Crippen molar-refractivity contribution in [3.8, 4) is 0 Å². The van der Waals surface area contributed by atoms with Crippen molar-refractivity contribution in [2.45, 2.75) is 4.90 Å². The van der Waals surface area contributed by atoms with Gasteiger partial charge in [-0.15, -0.1) is 0 Å². The summed E-state index contributed by atoms with van der Waals surface area (Å²) in [5, 5.41) is 1.33. The molecule has 0 bridgehead atoms. The fourth-order valence-electron chi connectivity index (χ4n) is 2.19. The first-order chi connectivity index (χ1) is 13.1. The molecule has 0 unspecified atom stereocenters. The third-order valence-corrected chi connectivity index (χ3v) is 9.71. The molecule has 5 heteroatoms. The van der Waals surface area contributed by atoms with Gasteiger partial charge < -0.3 is 0 Å². The Morgan fingerprint density at radius 1 is 0.704 bits per heavy atom. The van der Waals surface area contributed by atoms with E-state index in [2.05, 4.69) is 29.2 Å². The maximum absolute atomic E-state index is 12.6. The Balaban J connectivity index is 1.85. The average molecular weight is 504 g/mol. The fourth-order valence-corrected chi connectivity index (χ4v) is 7.38. The molecule has 0 saturated heterocycles. The van der Waals surface area contributed by atoms with Crippen molar-refractivity contribution in [3.05, 3.63) is 112 Å². The van der Waals surface area contributed by atoms with E-state index in [1.807, 2.05) is 42.5 Å². The van der Waals surface area contributed by atoms with Gasteiger partial charge >= 0.3 is 174 Å². The van der Waals surface area contributed by atoms with Crippen LogP contribution in [0.1, 0.15) is 0 Å². The van der Waals surface area contributed by atoms with Gasteiger partial charge in [-0.2, -0.15) is 0 Å². The molecule has 0 amide bonds. The number of benzene rings is 3. The first-order valence-corrected chi connectivity index (χ1v) is 13.4. The van der Waals surface area contributed by atoms with Crippen LogP contribution in [0, 0.1) is 0 Å². The summed E-state index contributed by atoms with van der Waals surface area (Å²) in [6.45, 7) is 0. The van der Waals surface area contributed by atoms with E-state index in [-0.39, 0.29) is 29.9 Å². The molecule has 0 N–H and O–H groups in total. The number of hydrogen-bond acceptors (Lipinski definition) is 2. The number of rotatable bonds is 7. The molecule has 136 valence electrons. The molecule has 0 spiro atoms. The second-order valence-electron chi connectivity index (χ2n) is 5.53. The molecule has 0 aromatic heterocycles. The summed E-state index contributed by atoms with van der Waals surface area (Å²) >= 11 is 0.217. The normalized spacial score (nSPS) is 12.4. The van der Waals surface area contributed by atoms with Gasteiger partial charge in [0.2, 0.25) is 0 Å². The zero-order chi connectivity index (χ0) is 19.0. The van der Waals surface area contributed by atoms with E-state index in [0.717, 1.165) is 4.47 Å². The van der Waals surface area contributed by atoms with Gasteiger partial charge in [-0.1, -0.05) is 0 Å². The summed E-state index contributed by atoms with van der Waals surface area (Å²) in [5.74, 6) is 0. The molecule has 0 saturated carbocycles. The van der Waals surface area contributed by atoms with Crippen molar-refractivity contribution >= 4 is 48.7 Å². The third kappa shape index (κ3) is 6.35. The van der Waals surface area contributed by atoms with Crippen LogP contribution in [-0.2, 0) is 9.84 Å². The Labute approximate surface area is 173 Å². The number of sulfone groups is 1. The average Bonchev–Trinajstić information content (AvgIpc) is 2.72. The summed E-state index contributed by atoms with van der Waals surface area (Å²) in [6.07, 6.45) is 1.76. The van der Waals surface area contributed by atoms with E-state index >= 15 is 0 Å². The van der Waals surface area contributed by atoms with E-state index in [0.29, 0.717) is 4.90 Å². The van der Waals surface area contributed by atoms with E-state index in [4.69, 9.17) is 0 Å². The van der Waals surface area contributed by atoms with E-state index in [1.165, 1.54) is 14.3 Å². The standard InChI is InChI=1S/C22H18O2SSe2/c23-25(24,19-10-4-1-5-11-19)17-16-22(27-21-14-8-3-9-15-21)18-26-20-12-6-2-7-13-20/h1-18H/b17-16+,22-18-. The molecule has 0 aliphatic rings. The van der Waals surface area contributed by atoms with Crippen molar-refractivity contribution in [2.75, 3.05) is 0 Å². The predicted molar refractivity (Wildman–Crippen MR) is 115 cm³/mol. The van der Waals surface area contributed by atoms with Crippen LogP contribution in [0.5, 0.6) is 0 Å². The number of allylic oxidation sites excluding steroid dienone is 2. The van der Waals surface area contributed by atoms with Crippen LogP contribution in [0.25, 0.3) is 0 Å². The van der Waals surface area contributed by atoms with Crippen molar-refractivity contribution in [1.82, 2.24) is 0 Å². The number of hydrogen-bond donors (Lipinski definition) is 0. The summed E-state index contributed by atoms with van der Waals surface area (Å²) in [6, 6.07) is 29.0. The molecular formula is C22H18O2SSe2. The fraction of sp³-hybridized carbons (Fsp3) is 0. The van der Waals surface area contributed by atoms with Crippen molar-refractivity contribution in [3.63, 3.8) is 0 Å². The molecule has 3 aromatic rings. The van der Waals surface area contributed by atoms with Gasteiger partial charge in [-0.3, -0.25) is 0 Å². The predicted octanol–water partition coefficient (Wildman–Crippen LogP) is 2.87. The first kappa shape index (κ1) is 19.9. The Morgan fingerprint density at radius 2 is 1.22 bits per heavy atom. The molecule has 27 heavy (non-hydrogen) atoms. The van der Waals surface area contributed by atoms with Crippen LogP contribution in [0.3, 0.4) is 0 Å². The van der Waals surface area contributed by atoms with Gasteiger partial charge in [0.05, 0.1) is 0 Å². The SMILES string of the molecule is O=S(=O)(/C=C/C(=C/[Se]c1ccccc1)[Se]c1ccccc1)c1ccccc1. The van der Waals surface area contributed by atoms with Crippen LogP contribution < -0.4 is 8.92 Å². The summed E-state index contributed by atoms with van der Waals surface area (Å²) in [4.78, 5) is 2.51.